The van der Waals surface area contributed by atoms with Gasteiger partial charge in [-0.1, -0.05) is 78.9 Å². The average molecular weight is 640 g/mol. The molecule has 47 heavy (non-hydrogen) atoms. The summed E-state index contributed by atoms with van der Waals surface area (Å²) in [6.45, 7) is 6.04. The molecule has 0 spiro atoms. The molecule has 4 unspecified atom stereocenters. The lowest BCUT2D eigenvalue weighted by molar-refractivity contribution is -0.165. The van der Waals surface area contributed by atoms with E-state index in [-0.39, 0.29) is 24.4 Å². The van der Waals surface area contributed by atoms with E-state index in [9.17, 15) is 0 Å². The summed E-state index contributed by atoms with van der Waals surface area (Å²) in [5, 5.41) is 6.04. The van der Waals surface area contributed by atoms with Crippen LogP contribution in [0.3, 0.4) is 0 Å². The van der Waals surface area contributed by atoms with Crippen LogP contribution in [0.1, 0.15) is 54.7 Å². The molecule has 7 nitrogen and oxygen atoms in total. The standard InChI is InChI=1S/C40H49NO6/c1-2-10-31(11-3-1)29-42-21-8-23-43-36-19-17-34(18-20-36)40-37(44-24-9-25-46-39-14-6-7-22-45-39)27-41-28-38(40)47-30-32-15-16-33-12-4-5-13-35(33)26-32/h1-5,10-13,15-20,26,37-41H,6-9,14,21-25,27-30H2. The van der Waals surface area contributed by atoms with E-state index in [4.69, 9.17) is 28.4 Å². The molecule has 0 aromatic heterocycles. The van der Waals surface area contributed by atoms with Crippen molar-refractivity contribution >= 4 is 10.8 Å². The van der Waals surface area contributed by atoms with E-state index in [0.717, 1.165) is 51.1 Å². The van der Waals surface area contributed by atoms with Crippen LogP contribution in [-0.2, 0) is 36.9 Å². The molecule has 0 aliphatic carbocycles. The first kappa shape index (κ1) is 33.6. The lowest BCUT2D eigenvalue weighted by Crippen LogP contribution is -2.50. The SMILES string of the molecule is c1ccc(COCCCOc2ccc(C3C(OCCCOC4CCCCO4)CNCC3OCc3ccc4ccccc4c3)cc2)cc1. The van der Waals surface area contributed by atoms with Gasteiger partial charge in [0.05, 0.1) is 45.2 Å². The minimum absolute atomic E-state index is 0.0233. The molecular weight excluding hydrogens is 590 g/mol. The fourth-order valence-corrected chi connectivity index (χ4v) is 6.40. The van der Waals surface area contributed by atoms with Crippen LogP contribution in [0.5, 0.6) is 5.75 Å². The summed E-state index contributed by atoms with van der Waals surface area (Å²) < 4.78 is 36.7. The van der Waals surface area contributed by atoms with Crippen molar-refractivity contribution in [2.45, 2.75) is 69.7 Å². The summed E-state index contributed by atoms with van der Waals surface area (Å²) in [5.74, 6) is 0.943. The maximum absolute atomic E-state index is 6.66. The number of fused-ring (bicyclic) bond motifs is 1. The first-order chi connectivity index (χ1) is 23.3. The molecule has 250 valence electrons. The number of piperidine rings is 1. The first-order valence-electron chi connectivity index (χ1n) is 17.3. The minimum atomic E-state index is -0.0664. The van der Waals surface area contributed by atoms with Gasteiger partial charge in [0.2, 0.25) is 0 Å². The third kappa shape index (κ3) is 10.3. The highest BCUT2D eigenvalue weighted by Crippen LogP contribution is 2.32. The normalized spacial score (nSPS) is 21.5. The first-order valence-corrected chi connectivity index (χ1v) is 17.3. The largest absolute Gasteiger partial charge is 0.494 e. The van der Waals surface area contributed by atoms with Crippen LogP contribution in [0.25, 0.3) is 10.8 Å². The third-order valence-corrected chi connectivity index (χ3v) is 8.91. The van der Waals surface area contributed by atoms with Gasteiger partial charge in [-0.05, 0) is 71.3 Å². The van der Waals surface area contributed by atoms with Crippen LogP contribution in [-0.4, -0.2) is 64.6 Å². The van der Waals surface area contributed by atoms with Crippen molar-refractivity contribution in [1.82, 2.24) is 5.32 Å². The van der Waals surface area contributed by atoms with Crippen LogP contribution in [0, 0.1) is 0 Å². The number of hydrogen-bond acceptors (Lipinski definition) is 7. The zero-order valence-electron chi connectivity index (χ0n) is 27.4. The smallest absolute Gasteiger partial charge is 0.157 e. The second-order valence-corrected chi connectivity index (χ2v) is 12.5. The van der Waals surface area contributed by atoms with Crippen molar-refractivity contribution in [3.05, 3.63) is 114 Å². The van der Waals surface area contributed by atoms with Gasteiger partial charge in [-0.15, -0.1) is 0 Å². The maximum atomic E-state index is 6.66. The molecule has 0 radical (unpaired) electrons. The van der Waals surface area contributed by atoms with E-state index in [0.29, 0.717) is 39.6 Å². The van der Waals surface area contributed by atoms with Crippen molar-refractivity contribution < 1.29 is 28.4 Å². The van der Waals surface area contributed by atoms with E-state index < -0.39 is 0 Å². The molecule has 0 saturated carbocycles. The molecule has 0 bridgehead atoms. The topological polar surface area (TPSA) is 67.4 Å². The lowest BCUT2D eigenvalue weighted by atomic mass is 9.85. The Morgan fingerprint density at radius 1 is 0.638 bits per heavy atom. The van der Waals surface area contributed by atoms with Gasteiger partial charge in [-0.25, -0.2) is 0 Å². The fourth-order valence-electron chi connectivity index (χ4n) is 6.40. The van der Waals surface area contributed by atoms with Crippen molar-refractivity contribution in [3.63, 3.8) is 0 Å². The van der Waals surface area contributed by atoms with E-state index in [2.05, 4.69) is 84.2 Å². The number of benzene rings is 4. The molecule has 6 rings (SSSR count). The molecule has 2 heterocycles. The summed E-state index contributed by atoms with van der Waals surface area (Å²) in [6.07, 6.45) is 4.81. The molecule has 2 aliphatic heterocycles. The van der Waals surface area contributed by atoms with Crippen molar-refractivity contribution in [2.75, 3.05) is 46.1 Å². The zero-order chi connectivity index (χ0) is 31.9. The van der Waals surface area contributed by atoms with E-state index in [1.54, 1.807) is 0 Å². The second-order valence-electron chi connectivity index (χ2n) is 12.5. The highest BCUT2D eigenvalue weighted by Gasteiger charge is 2.36. The van der Waals surface area contributed by atoms with Crippen molar-refractivity contribution in [3.8, 4) is 5.75 Å². The summed E-state index contributed by atoms with van der Waals surface area (Å²) in [4.78, 5) is 0. The van der Waals surface area contributed by atoms with Crippen LogP contribution in [0.2, 0.25) is 0 Å². The molecular formula is C40H49NO6. The third-order valence-electron chi connectivity index (χ3n) is 8.91. The van der Waals surface area contributed by atoms with Gasteiger partial charge in [0.1, 0.15) is 5.75 Å². The summed E-state index contributed by atoms with van der Waals surface area (Å²) in [6, 6.07) is 33.7. The molecule has 0 amide bonds. The van der Waals surface area contributed by atoms with Crippen LogP contribution >= 0.6 is 0 Å². The monoisotopic (exact) mass is 639 g/mol. The minimum Gasteiger partial charge on any atom is -0.494 e. The van der Waals surface area contributed by atoms with Crippen molar-refractivity contribution in [1.29, 1.82) is 0 Å². The molecule has 1 N–H and O–H groups in total. The predicted octanol–water partition coefficient (Wildman–Crippen LogP) is 7.42. The Morgan fingerprint density at radius 2 is 1.40 bits per heavy atom. The maximum Gasteiger partial charge on any atom is 0.157 e. The van der Waals surface area contributed by atoms with Crippen LogP contribution in [0.15, 0.2) is 97.1 Å². The quantitative estimate of drug-likeness (QED) is 0.121. The number of hydrogen-bond donors (Lipinski definition) is 1. The Bertz CT molecular complexity index is 1460. The summed E-state index contributed by atoms with van der Waals surface area (Å²) >= 11 is 0. The fraction of sp³-hybridized carbons (Fsp3) is 0.450. The summed E-state index contributed by atoms with van der Waals surface area (Å²) in [5.41, 5.74) is 3.56. The Balaban J connectivity index is 1.04. The molecule has 4 atom stereocenters. The zero-order valence-corrected chi connectivity index (χ0v) is 27.4. The molecule has 2 fully saturated rings. The van der Waals surface area contributed by atoms with Gasteiger partial charge in [0.25, 0.3) is 0 Å². The average Bonchev–Trinajstić information content (AvgIpc) is 3.13. The van der Waals surface area contributed by atoms with E-state index >= 15 is 0 Å². The molecule has 4 aromatic carbocycles. The van der Waals surface area contributed by atoms with Gasteiger partial charge >= 0.3 is 0 Å². The number of ether oxygens (including phenoxy) is 6. The van der Waals surface area contributed by atoms with E-state index in [1.807, 2.05) is 18.2 Å². The number of nitrogens with one attached hydrogen (secondary N) is 1. The van der Waals surface area contributed by atoms with E-state index in [1.165, 1.54) is 33.9 Å². The van der Waals surface area contributed by atoms with Gasteiger partial charge in [-0.2, -0.15) is 0 Å². The molecule has 7 heteroatoms. The van der Waals surface area contributed by atoms with Gasteiger partial charge in [-0.3, -0.25) is 0 Å². The number of rotatable bonds is 17. The van der Waals surface area contributed by atoms with Crippen molar-refractivity contribution in [2.24, 2.45) is 0 Å². The lowest BCUT2D eigenvalue weighted by Gasteiger charge is -2.39. The summed E-state index contributed by atoms with van der Waals surface area (Å²) in [7, 11) is 0. The highest BCUT2D eigenvalue weighted by molar-refractivity contribution is 5.82. The van der Waals surface area contributed by atoms with Gasteiger partial charge in [0.15, 0.2) is 6.29 Å². The Kier molecular flexibility index (Phi) is 13.1. The van der Waals surface area contributed by atoms with Gasteiger partial charge < -0.3 is 33.7 Å². The second kappa shape index (κ2) is 18.3. The molecule has 2 aliphatic rings. The predicted molar refractivity (Wildman–Crippen MR) is 185 cm³/mol. The van der Waals surface area contributed by atoms with Gasteiger partial charge in [0, 0.05) is 38.6 Å². The molecule has 2 saturated heterocycles. The highest BCUT2D eigenvalue weighted by atomic mass is 16.7. The Labute approximate surface area is 279 Å². The Hall–Kier alpha value is -3.30. The van der Waals surface area contributed by atoms with Crippen LogP contribution in [0.4, 0.5) is 0 Å². The molecule has 4 aromatic rings. The van der Waals surface area contributed by atoms with Crippen LogP contribution < -0.4 is 10.1 Å². The Morgan fingerprint density at radius 3 is 2.23 bits per heavy atom.